The van der Waals surface area contributed by atoms with Crippen LogP contribution in [0.4, 0.5) is 11.6 Å². The molecule has 1 N–H and O–H groups in total. The minimum atomic E-state index is 0.473. The monoisotopic (exact) mass is 304 g/mol. The molecule has 2 aromatic rings. The van der Waals surface area contributed by atoms with Crippen LogP contribution in [-0.4, -0.2) is 29.6 Å². The molecular formula is C17H16N6. The van der Waals surface area contributed by atoms with E-state index in [0.717, 1.165) is 37.7 Å². The average molecular weight is 304 g/mol. The summed E-state index contributed by atoms with van der Waals surface area (Å²) < 4.78 is 0. The van der Waals surface area contributed by atoms with Crippen molar-refractivity contribution in [3.8, 4) is 12.1 Å². The van der Waals surface area contributed by atoms with Gasteiger partial charge in [0.2, 0.25) is 0 Å². The summed E-state index contributed by atoms with van der Waals surface area (Å²) in [7, 11) is 0. The van der Waals surface area contributed by atoms with E-state index in [1.807, 2.05) is 6.07 Å². The van der Waals surface area contributed by atoms with Crippen LogP contribution >= 0.6 is 0 Å². The molecule has 0 spiro atoms. The highest BCUT2D eigenvalue weighted by atomic mass is 15.2. The van der Waals surface area contributed by atoms with E-state index < -0.39 is 0 Å². The SMILES string of the molecule is N#Cc1ccc(NC[C@H]2CCN(c3ncccc3C#N)C2)nc1. The summed E-state index contributed by atoms with van der Waals surface area (Å²) in [5.74, 6) is 2.02. The Balaban J connectivity index is 1.58. The molecule has 1 aliphatic heterocycles. The van der Waals surface area contributed by atoms with Crippen LogP contribution < -0.4 is 10.2 Å². The first-order valence-corrected chi connectivity index (χ1v) is 7.50. The van der Waals surface area contributed by atoms with Crippen molar-refractivity contribution in [2.75, 3.05) is 29.9 Å². The van der Waals surface area contributed by atoms with E-state index in [9.17, 15) is 5.26 Å². The Bertz CT molecular complexity index is 756. The lowest BCUT2D eigenvalue weighted by Crippen LogP contribution is -2.24. The van der Waals surface area contributed by atoms with Crippen molar-refractivity contribution >= 4 is 11.6 Å². The van der Waals surface area contributed by atoms with Crippen LogP contribution in [0.3, 0.4) is 0 Å². The third-order valence-corrected chi connectivity index (χ3v) is 3.96. The number of anilines is 2. The van der Waals surface area contributed by atoms with Crippen molar-refractivity contribution in [3.05, 3.63) is 47.8 Å². The normalized spacial score (nSPS) is 16.6. The summed E-state index contributed by atoms with van der Waals surface area (Å²) in [6, 6.07) is 11.4. The van der Waals surface area contributed by atoms with Gasteiger partial charge >= 0.3 is 0 Å². The van der Waals surface area contributed by atoms with Gasteiger partial charge in [0.15, 0.2) is 0 Å². The fourth-order valence-corrected chi connectivity index (χ4v) is 2.74. The maximum absolute atomic E-state index is 9.18. The molecule has 1 fully saturated rings. The Morgan fingerprint density at radius 2 is 2.13 bits per heavy atom. The summed E-state index contributed by atoms with van der Waals surface area (Å²) in [5, 5.41) is 21.3. The molecule has 114 valence electrons. The molecular weight excluding hydrogens is 288 g/mol. The van der Waals surface area contributed by atoms with Gasteiger partial charge in [-0.2, -0.15) is 10.5 Å². The molecule has 0 amide bonds. The topological polar surface area (TPSA) is 88.6 Å². The van der Waals surface area contributed by atoms with Crippen molar-refractivity contribution in [2.45, 2.75) is 6.42 Å². The zero-order valence-electron chi connectivity index (χ0n) is 12.6. The van der Waals surface area contributed by atoms with Gasteiger partial charge in [-0.3, -0.25) is 0 Å². The van der Waals surface area contributed by atoms with Gasteiger partial charge in [0.25, 0.3) is 0 Å². The highest BCUT2D eigenvalue weighted by Crippen LogP contribution is 2.24. The largest absolute Gasteiger partial charge is 0.370 e. The molecule has 0 saturated carbocycles. The minimum Gasteiger partial charge on any atom is -0.370 e. The smallest absolute Gasteiger partial charge is 0.146 e. The van der Waals surface area contributed by atoms with Gasteiger partial charge in [-0.1, -0.05) is 0 Å². The molecule has 2 aromatic heterocycles. The minimum absolute atomic E-state index is 0.473. The number of aromatic nitrogens is 2. The molecule has 6 heteroatoms. The second-order valence-electron chi connectivity index (χ2n) is 5.51. The Hall–Kier alpha value is -3.12. The van der Waals surface area contributed by atoms with Crippen LogP contribution in [0, 0.1) is 28.6 Å². The lowest BCUT2D eigenvalue weighted by atomic mass is 10.1. The Morgan fingerprint density at radius 3 is 2.87 bits per heavy atom. The van der Waals surface area contributed by atoms with E-state index >= 15 is 0 Å². The number of nitrogens with one attached hydrogen (secondary N) is 1. The van der Waals surface area contributed by atoms with Crippen molar-refractivity contribution < 1.29 is 0 Å². The molecule has 0 unspecified atom stereocenters. The molecule has 3 rings (SSSR count). The van der Waals surface area contributed by atoms with Crippen molar-refractivity contribution in [2.24, 2.45) is 5.92 Å². The molecule has 1 saturated heterocycles. The lowest BCUT2D eigenvalue weighted by Gasteiger charge is -2.18. The van der Waals surface area contributed by atoms with E-state index in [4.69, 9.17) is 5.26 Å². The summed E-state index contributed by atoms with van der Waals surface area (Å²) in [6.45, 7) is 2.58. The van der Waals surface area contributed by atoms with Gasteiger partial charge in [-0.25, -0.2) is 9.97 Å². The van der Waals surface area contributed by atoms with E-state index in [1.54, 1.807) is 30.6 Å². The summed E-state index contributed by atoms with van der Waals surface area (Å²) in [5.41, 5.74) is 1.18. The van der Waals surface area contributed by atoms with Crippen LogP contribution in [0.5, 0.6) is 0 Å². The van der Waals surface area contributed by atoms with Crippen molar-refractivity contribution in [3.63, 3.8) is 0 Å². The highest BCUT2D eigenvalue weighted by Gasteiger charge is 2.24. The first-order chi connectivity index (χ1) is 11.3. The fraction of sp³-hybridized carbons (Fsp3) is 0.294. The molecule has 6 nitrogen and oxygen atoms in total. The van der Waals surface area contributed by atoms with Crippen molar-refractivity contribution in [1.29, 1.82) is 10.5 Å². The third kappa shape index (κ3) is 3.38. The van der Waals surface area contributed by atoms with E-state index in [-0.39, 0.29) is 0 Å². The van der Waals surface area contributed by atoms with Crippen LogP contribution in [0.1, 0.15) is 17.5 Å². The van der Waals surface area contributed by atoms with Gasteiger partial charge in [0.1, 0.15) is 23.8 Å². The summed E-state index contributed by atoms with van der Waals surface area (Å²) in [6.07, 6.45) is 4.34. The standard InChI is InChI=1S/C17H16N6/c18-8-13-3-4-16(21-10-13)22-11-14-5-7-23(12-14)17-15(9-19)2-1-6-20-17/h1-4,6,10,14H,5,7,11-12H2,(H,21,22)/t14-/m1/s1. The molecule has 0 aliphatic carbocycles. The molecule has 0 radical (unpaired) electrons. The number of nitriles is 2. The molecule has 0 aromatic carbocycles. The quantitative estimate of drug-likeness (QED) is 0.931. The fourth-order valence-electron chi connectivity index (χ4n) is 2.74. The molecule has 0 bridgehead atoms. The maximum Gasteiger partial charge on any atom is 0.146 e. The Kier molecular flexibility index (Phi) is 4.35. The van der Waals surface area contributed by atoms with Crippen LogP contribution in [0.25, 0.3) is 0 Å². The van der Waals surface area contributed by atoms with Crippen LogP contribution in [-0.2, 0) is 0 Å². The van der Waals surface area contributed by atoms with Gasteiger partial charge in [0, 0.05) is 32.0 Å². The number of rotatable bonds is 4. The highest BCUT2D eigenvalue weighted by molar-refractivity contribution is 5.54. The summed E-state index contributed by atoms with van der Waals surface area (Å²) in [4.78, 5) is 10.7. The first kappa shape index (κ1) is 14.8. The molecule has 3 heterocycles. The lowest BCUT2D eigenvalue weighted by molar-refractivity contribution is 0.621. The predicted molar refractivity (Wildman–Crippen MR) is 86.7 cm³/mol. The Labute approximate surface area is 135 Å². The number of hydrogen-bond donors (Lipinski definition) is 1. The number of nitrogens with zero attached hydrogens (tertiary/aromatic N) is 5. The number of pyridine rings is 2. The van der Waals surface area contributed by atoms with Gasteiger partial charge in [0.05, 0.1) is 11.1 Å². The average Bonchev–Trinajstić information content (AvgIpc) is 3.09. The molecule has 23 heavy (non-hydrogen) atoms. The van der Waals surface area contributed by atoms with Crippen molar-refractivity contribution in [1.82, 2.24) is 9.97 Å². The van der Waals surface area contributed by atoms with Gasteiger partial charge in [-0.15, -0.1) is 0 Å². The van der Waals surface area contributed by atoms with Crippen LogP contribution in [0.2, 0.25) is 0 Å². The van der Waals surface area contributed by atoms with Crippen LogP contribution in [0.15, 0.2) is 36.7 Å². The van der Waals surface area contributed by atoms with E-state index in [0.29, 0.717) is 17.0 Å². The molecule has 1 aliphatic rings. The van der Waals surface area contributed by atoms with E-state index in [2.05, 4.69) is 32.3 Å². The maximum atomic E-state index is 9.18. The number of hydrogen-bond acceptors (Lipinski definition) is 6. The van der Waals surface area contributed by atoms with Gasteiger partial charge < -0.3 is 10.2 Å². The van der Waals surface area contributed by atoms with Gasteiger partial charge in [-0.05, 0) is 36.6 Å². The predicted octanol–water partition coefficient (Wildman–Crippen LogP) is 2.16. The zero-order chi connectivity index (χ0) is 16.1. The summed E-state index contributed by atoms with van der Waals surface area (Å²) >= 11 is 0. The second-order valence-corrected chi connectivity index (χ2v) is 5.51. The Morgan fingerprint density at radius 1 is 1.22 bits per heavy atom. The van der Waals surface area contributed by atoms with E-state index in [1.165, 1.54) is 0 Å². The zero-order valence-corrected chi connectivity index (χ0v) is 12.6. The second kappa shape index (κ2) is 6.76. The third-order valence-electron chi connectivity index (χ3n) is 3.96. The first-order valence-electron chi connectivity index (χ1n) is 7.50. The molecule has 1 atom stereocenters.